The first-order chi connectivity index (χ1) is 13.0. The van der Waals surface area contributed by atoms with Crippen LogP contribution in [0.4, 0.5) is 0 Å². The van der Waals surface area contributed by atoms with Crippen molar-refractivity contribution in [2.24, 2.45) is 4.99 Å². The van der Waals surface area contributed by atoms with E-state index in [-0.39, 0.29) is 28.7 Å². The van der Waals surface area contributed by atoms with E-state index in [2.05, 4.69) is 47.6 Å². The number of halogens is 1. The van der Waals surface area contributed by atoms with Crippen molar-refractivity contribution in [3.05, 3.63) is 59.9 Å². The van der Waals surface area contributed by atoms with Crippen LogP contribution in [0.1, 0.15) is 32.0 Å². The van der Waals surface area contributed by atoms with Gasteiger partial charge in [0.15, 0.2) is 5.96 Å². The van der Waals surface area contributed by atoms with Crippen molar-refractivity contribution in [3.63, 3.8) is 0 Å². The van der Waals surface area contributed by atoms with Crippen molar-refractivity contribution in [3.8, 4) is 5.75 Å². The van der Waals surface area contributed by atoms with Crippen LogP contribution in [0.5, 0.6) is 5.75 Å². The maximum absolute atomic E-state index is 5.77. The molecule has 2 aromatic rings. The highest BCUT2D eigenvalue weighted by Crippen LogP contribution is 2.19. The fourth-order valence-corrected chi connectivity index (χ4v) is 2.43. The first-order valence-electron chi connectivity index (χ1n) is 9.21. The normalized spacial score (nSPS) is 11.5. The Morgan fingerprint density at radius 2 is 1.89 bits per heavy atom. The SMILES string of the molecule is CCNC(=NCc1ccc(OCc2ccccn2)cc1)NCC(C)(C)SC.I. The number of guanidine groups is 1. The second kappa shape index (κ2) is 12.9. The number of nitrogens with one attached hydrogen (secondary N) is 2. The van der Waals surface area contributed by atoms with Gasteiger partial charge in [0.2, 0.25) is 0 Å². The number of hydrogen-bond donors (Lipinski definition) is 2. The summed E-state index contributed by atoms with van der Waals surface area (Å²) in [6, 6.07) is 13.9. The van der Waals surface area contributed by atoms with Crippen molar-refractivity contribution < 1.29 is 4.74 Å². The van der Waals surface area contributed by atoms with Crippen LogP contribution in [0.2, 0.25) is 0 Å². The van der Waals surface area contributed by atoms with Crippen molar-refractivity contribution in [1.29, 1.82) is 0 Å². The molecule has 0 fully saturated rings. The van der Waals surface area contributed by atoms with Crippen LogP contribution in [0, 0.1) is 0 Å². The molecular formula is C21H31IN4OS. The number of thioether (sulfide) groups is 1. The Kier molecular flexibility index (Phi) is 11.3. The van der Waals surface area contributed by atoms with Crippen LogP contribution < -0.4 is 15.4 Å². The Morgan fingerprint density at radius 3 is 2.50 bits per heavy atom. The van der Waals surface area contributed by atoms with Gasteiger partial charge >= 0.3 is 0 Å². The van der Waals surface area contributed by atoms with Gasteiger partial charge in [-0.2, -0.15) is 11.8 Å². The van der Waals surface area contributed by atoms with Crippen molar-refractivity contribution in [1.82, 2.24) is 15.6 Å². The first kappa shape index (κ1) is 24.6. The summed E-state index contributed by atoms with van der Waals surface area (Å²) < 4.78 is 5.94. The molecule has 5 nitrogen and oxygen atoms in total. The lowest BCUT2D eigenvalue weighted by Gasteiger charge is -2.23. The zero-order valence-electron chi connectivity index (χ0n) is 17.1. The van der Waals surface area contributed by atoms with Crippen molar-refractivity contribution in [2.45, 2.75) is 38.7 Å². The zero-order chi connectivity index (χ0) is 19.5. The topological polar surface area (TPSA) is 58.5 Å². The average Bonchev–Trinajstić information content (AvgIpc) is 2.70. The second-order valence-electron chi connectivity index (χ2n) is 6.77. The van der Waals surface area contributed by atoms with Gasteiger partial charge in [-0.25, -0.2) is 4.99 Å². The number of pyridine rings is 1. The lowest BCUT2D eigenvalue weighted by Crippen LogP contribution is -2.43. The lowest BCUT2D eigenvalue weighted by atomic mass is 10.2. The van der Waals surface area contributed by atoms with Gasteiger partial charge in [0.05, 0.1) is 12.2 Å². The third kappa shape index (κ3) is 9.14. The van der Waals surface area contributed by atoms with E-state index in [0.717, 1.165) is 36.1 Å². The number of benzene rings is 1. The fourth-order valence-electron chi connectivity index (χ4n) is 2.21. The molecule has 0 atom stereocenters. The van der Waals surface area contributed by atoms with E-state index in [1.54, 1.807) is 6.20 Å². The number of hydrogen-bond acceptors (Lipinski definition) is 4. The predicted octanol–water partition coefficient (Wildman–Crippen LogP) is 4.48. The molecule has 1 aromatic carbocycles. The summed E-state index contributed by atoms with van der Waals surface area (Å²) in [7, 11) is 0. The van der Waals surface area contributed by atoms with Crippen LogP contribution in [0.3, 0.4) is 0 Å². The van der Waals surface area contributed by atoms with Gasteiger partial charge in [0, 0.05) is 24.0 Å². The molecule has 28 heavy (non-hydrogen) atoms. The first-order valence-corrected chi connectivity index (χ1v) is 10.4. The smallest absolute Gasteiger partial charge is 0.191 e. The third-order valence-electron chi connectivity index (χ3n) is 4.03. The number of aliphatic imine (C=N–C) groups is 1. The molecule has 0 aliphatic heterocycles. The average molecular weight is 514 g/mol. The van der Waals surface area contributed by atoms with Crippen LogP contribution in [-0.4, -0.2) is 35.0 Å². The summed E-state index contributed by atoms with van der Waals surface area (Å²) in [4.78, 5) is 8.94. The van der Waals surface area contributed by atoms with Gasteiger partial charge in [-0.05, 0) is 56.9 Å². The minimum atomic E-state index is 0. The lowest BCUT2D eigenvalue weighted by molar-refractivity contribution is 0.301. The standard InChI is InChI=1S/C21H30N4OS.HI/c1-5-22-20(25-16-21(2,3)27-4)24-14-17-9-11-19(12-10-17)26-15-18-8-6-7-13-23-18;/h6-13H,5,14-16H2,1-4H3,(H2,22,24,25);1H. The van der Waals surface area contributed by atoms with E-state index in [4.69, 9.17) is 4.74 Å². The molecular weight excluding hydrogens is 483 g/mol. The molecule has 7 heteroatoms. The van der Waals surface area contributed by atoms with E-state index in [0.29, 0.717) is 13.2 Å². The van der Waals surface area contributed by atoms with E-state index in [9.17, 15) is 0 Å². The minimum absolute atomic E-state index is 0. The molecule has 0 saturated carbocycles. The molecule has 1 aromatic heterocycles. The number of aromatic nitrogens is 1. The number of nitrogens with zero attached hydrogens (tertiary/aromatic N) is 2. The van der Waals surface area contributed by atoms with Crippen LogP contribution in [0.25, 0.3) is 0 Å². The molecule has 0 spiro atoms. The van der Waals surface area contributed by atoms with Crippen LogP contribution >= 0.6 is 35.7 Å². The van der Waals surface area contributed by atoms with Gasteiger partial charge in [-0.3, -0.25) is 4.98 Å². The van der Waals surface area contributed by atoms with E-state index >= 15 is 0 Å². The summed E-state index contributed by atoms with van der Waals surface area (Å²) in [6.07, 6.45) is 3.90. The summed E-state index contributed by atoms with van der Waals surface area (Å²) in [5.41, 5.74) is 2.06. The molecule has 0 aliphatic carbocycles. The van der Waals surface area contributed by atoms with Crippen molar-refractivity contribution in [2.75, 3.05) is 19.3 Å². The van der Waals surface area contributed by atoms with E-state index in [1.165, 1.54) is 0 Å². The summed E-state index contributed by atoms with van der Waals surface area (Å²) >= 11 is 1.84. The molecule has 0 bridgehead atoms. The molecule has 0 radical (unpaired) electrons. The van der Waals surface area contributed by atoms with Gasteiger partial charge < -0.3 is 15.4 Å². The molecule has 0 amide bonds. The highest BCUT2D eigenvalue weighted by atomic mass is 127. The molecule has 154 valence electrons. The number of ether oxygens (including phenoxy) is 1. The van der Waals surface area contributed by atoms with E-state index in [1.807, 2.05) is 54.2 Å². The second-order valence-corrected chi connectivity index (χ2v) is 8.28. The summed E-state index contributed by atoms with van der Waals surface area (Å²) in [6.45, 7) is 9.31. The molecule has 0 saturated heterocycles. The molecule has 0 unspecified atom stereocenters. The molecule has 2 N–H and O–H groups in total. The molecule has 0 aliphatic rings. The molecule has 2 rings (SSSR count). The zero-order valence-corrected chi connectivity index (χ0v) is 20.2. The van der Waals surface area contributed by atoms with Crippen LogP contribution in [-0.2, 0) is 13.2 Å². The highest BCUT2D eigenvalue weighted by molar-refractivity contribution is 14.0. The Morgan fingerprint density at radius 1 is 1.14 bits per heavy atom. The predicted molar refractivity (Wildman–Crippen MR) is 131 cm³/mol. The third-order valence-corrected chi connectivity index (χ3v) is 5.28. The monoisotopic (exact) mass is 514 g/mol. The Balaban J connectivity index is 0.00000392. The largest absolute Gasteiger partial charge is 0.487 e. The van der Waals surface area contributed by atoms with Crippen LogP contribution in [0.15, 0.2) is 53.7 Å². The highest BCUT2D eigenvalue weighted by Gasteiger charge is 2.16. The maximum atomic E-state index is 5.77. The molecule has 1 heterocycles. The van der Waals surface area contributed by atoms with Gasteiger partial charge in [0.1, 0.15) is 12.4 Å². The number of rotatable bonds is 9. The Bertz CT molecular complexity index is 708. The minimum Gasteiger partial charge on any atom is -0.487 e. The summed E-state index contributed by atoms with van der Waals surface area (Å²) in [5, 5.41) is 6.72. The quantitative estimate of drug-likeness (QED) is 0.294. The Labute approximate surface area is 190 Å². The van der Waals surface area contributed by atoms with Gasteiger partial charge in [-0.1, -0.05) is 18.2 Å². The van der Waals surface area contributed by atoms with E-state index < -0.39 is 0 Å². The maximum Gasteiger partial charge on any atom is 0.191 e. The van der Waals surface area contributed by atoms with Gasteiger partial charge in [0.25, 0.3) is 0 Å². The Hall–Kier alpha value is -1.48. The summed E-state index contributed by atoms with van der Waals surface area (Å²) in [5.74, 6) is 1.68. The van der Waals surface area contributed by atoms with Gasteiger partial charge in [-0.15, -0.1) is 24.0 Å². The van der Waals surface area contributed by atoms with Crippen molar-refractivity contribution >= 4 is 41.7 Å². The fraction of sp³-hybridized carbons (Fsp3) is 0.429.